The number of hydrogen-bond donors (Lipinski definition) is 2. The second kappa shape index (κ2) is 7.20. The Morgan fingerprint density at radius 2 is 2.00 bits per heavy atom. The van der Waals surface area contributed by atoms with Crippen LogP contribution < -0.4 is 10.1 Å². The molecule has 5 heteroatoms. The molecule has 1 unspecified atom stereocenters. The van der Waals surface area contributed by atoms with Crippen LogP contribution in [0.2, 0.25) is 0 Å². The van der Waals surface area contributed by atoms with Crippen molar-refractivity contribution in [2.75, 3.05) is 7.11 Å². The number of nitrogens with one attached hydrogen (secondary N) is 2. The highest BCUT2D eigenvalue weighted by molar-refractivity contribution is 5.77. The molecular weight excluding hydrogens is 326 g/mol. The number of aromatic nitrogens is 2. The Balaban J connectivity index is 1.38. The predicted molar refractivity (Wildman–Crippen MR) is 101 cm³/mol. The zero-order chi connectivity index (χ0) is 17.9. The van der Waals surface area contributed by atoms with Crippen molar-refractivity contribution >= 4 is 16.9 Å². The van der Waals surface area contributed by atoms with Crippen LogP contribution in [0, 0.1) is 5.92 Å². The number of imidazole rings is 1. The van der Waals surface area contributed by atoms with E-state index < -0.39 is 0 Å². The van der Waals surface area contributed by atoms with Gasteiger partial charge in [0, 0.05) is 12.8 Å². The van der Waals surface area contributed by atoms with E-state index in [2.05, 4.69) is 15.3 Å². The second-order valence-corrected chi connectivity index (χ2v) is 6.86. The van der Waals surface area contributed by atoms with Gasteiger partial charge in [0.1, 0.15) is 11.6 Å². The highest BCUT2D eigenvalue weighted by atomic mass is 16.5. The number of rotatable bonds is 7. The average Bonchev–Trinajstić information content (AvgIpc) is 3.43. The van der Waals surface area contributed by atoms with E-state index in [4.69, 9.17) is 4.74 Å². The van der Waals surface area contributed by atoms with Crippen LogP contribution in [0.1, 0.15) is 36.7 Å². The second-order valence-electron chi connectivity index (χ2n) is 6.86. The van der Waals surface area contributed by atoms with Crippen molar-refractivity contribution in [3.63, 3.8) is 0 Å². The molecule has 0 radical (unpaired) electrons. The lowest BCUT2D eigenvalue weighted by atomic mass is 10.0. The van der Waals surface area contributed by atoms with E-state index >= 15 is 0 Å². The van der Waals surface area contributed by atoms with Crippen molar-refractivity contribution in [2.45, 2.75) is 31.7 Å². The molecular formula is C21H23N3O2. The molecule has 1 aromatic heterocycles. The summed E-state index contributed by atoms with van der Waals surface area (Å²) in [7, 11) is 1.66. The van der Waals surface area contributed by atoms with Gasteiger partial charge < -0.3 is 15.0 Å². The van der Waals surface area contributed by atoms with Gasteiger partial charge >= 0.3 is 0 Å². The van der Waals surface area contributed by atoms with E-state index in [-0.39, 0.29) is 11.9 Å². The summed E-state index contributed by atoms with van der Waals surface area (Å²) in [5.41, 5.74) is 3.10. The molecule has 1 aliphatic carbocycles. The number of ether oxygens (including phenoxy) is 1. The zero-order valence-corrected chi connectivity index (χ0v) is 14.9. The maximum absolute atomic E-state index is 12.5. The van der Waals surface area contributed by atoms with Gasteiger partial charge in [0.05, 0.1) is 24.2 Å². The minimum Gasteiger partial charge on any atom is -0.497 e. The molecule has 5 nitrogen and oxygen atoms in total. The molecule has 1 saturated carbocycles. The van der Waals surface area contributed by atoms with Crippen LogP contribution in [-0.2, 0) is 11.2 Å². The number of aromatic amines is 1. The number of carbonyl (C=O) groups excluding carboxylic acids is 1. The molecule has 0 spiro atoms. The Labute approximate surface area is 152 Å². The first-order valence-electron chi connectivity index (χ1n) is 9.10. The average molecular weight is 349 g/mol. The van der Waals surface area contributed by atoms with E-state index in [1.165, 1.54) is 12.8 Å². The van der Waals surface area contributed by atoms with Crippen LogP contribution in [0.4, 0.5) is 0 Å². The predicted octanol–water partition coefficient (Wildman–Crippen LogP) is 3.77. The molecule has 3 aromatic rings. The van der Waals surface area contributed by atoms with Gasteiger partial charge in [-0.25, -0.2) is 4.98 Å². The third-order valence-electron chi connectivity index (χ3n) is 4.91. The SMILES string of the molecule is COc1ccc(C(NC(=O)CCc2nc3ccccc3[nH]2)C2CC2)cc1. The maximum atomic E-state index is 12.5. The molecule has 0 aliphatic heterocycles. The quantitative estimate of drug-likeness (QED) is 0.682. The normalized spacial score (nSPS) is 15.0. The standard InChI is InChI=1S/C21H23N3O2/c1-26-16-10-8-15(9-11-16)21(14-6-7-14)24-20(25)13-12-19-22-17-4-2-3-5-18(17)23-19/h2-5,8-11,14,21H,6-7,12-13H2,1H3,(H,22,23)(H,24,25). The van der Waals surface area contributed by atoms with Crippen molar-refractivity contribution < 1.29 is 9.53 Å². The van der Waals surface area contributed by atoms with Gasteiger partial charge in [-0.3, -0.25) is 4.79 Å². The number of carbonyl (C=O) groups is 1. The van der Waals surface area contributed by atoms with Crippen molar-refractivity contribution in [2.24, 2.45) is 5.92 Å². The number of fused-ring (bicyclic) bond motifs is 1. The van der Waals surface area contributed by atoms with Gasteiger partial charge in [-0.05, 0) is 48.6 Å². The number of para-hydroxylation sites is 2. The Bertz CT molecular complexity index is 864. The summed E-state index contributed by atoms with van der Waals surface area (Å²) in [5.74, 6) is 2.30. The molecule has 1 atom stereocenters. The monoisotopic (exact) mass is 349 g/mol. The van der Waals surface area contributed by atoms with Gasteiger partial charge in [-0.2, -0.15) is 0 Å². The number of methoxy groups -OCH3 is 1. The van der Waals surface area contributed by atoms with E-state index in [1.807, 2.05) is 48.5 Å². The first-order valence-corrected chi connectivity index (χ1v) is 9.10. The lowest BCUT2D eigenvalue weighted by Gasteiger charge is -2.19. The molecule has 1 heterocycles. The Kier molecular flexibility index (Phi) is 4.61. The molecule has 0 bridgehead atoms. The fourth-order valence-corrected chi connectivity index (χ4v) is 3.32. The van der Waals surface area contributed by atoms with E-state index in [0.29, 0.717) is 18.8 Å². The molecule has 0 saturated heterocycles. The Morgan fingerprint density at radius 3 is 2.69 bits per heavy atom. The Hall–Kier alpha value is -2.82. The third kappa shape index (κ3) is 3.72. The number of amides is 1. The molecule has 134 valence electrons. The fraction of sp³-hybridized carbons (Fsp3) is 0.333. The summed E-state index contributed by atoms with van der Waals surface area (Å²) in [4.78, 5) is 20.3. The van der Waals surface area contributed by atoms with Crippen LogP contribution >= 0.6 is 0 Å². The van der Waals surface area contributed by atoms with Crippen molar-refractivity contribution in [1.29, 1.82) is 0 Å². The maximum Gasteiger partial charge on any atom is 0.220 e. The van der Waals surface area contributed by atoms with Crippen LogP contribution in [-0.4, -0.2) is 23.0 Å². The van der Waals surface area contributed by atoms with Crippen molar-refractivity contribution in [3.8, 4) is 5.75 Å². The van der Waals surface area contributed by atoms with Crippen LogP contribution in [0.5, 0.6) is 5.75 Å². The molecule has 2 aromatic carbocycles. The number of H-pyrrole nitrogens is 1. The minimum absolute atomic E-state index is 0.0678. The number of benzene rings is 2. The van der Waals surface area contributed by atoms with E-state index in [1.54, 1.807) is 7.11 Å². The summed E-state index contributed by atoms with van der Waals surface area (Å²) < 4.78 is 5.22. The van der Waals surface area contributed by atoms with Crippen LogP contribution in [0.15, 0.2) is 48.5 Å². The van der Waals surface area contributed by atoms with Gasteiger partial charge in [-0.1, -0.05) is 24.3 Å². The van der Waals surface area contributed by atoms with Gasteiger partial charge in [0.25, 0.3) is 0 Å². The molecule has 1 fully saturated rings. The smallest absolute Gasteiger partial charge is 0.220 e. The van der Waals surface area contributed by atoms with Crippen LogP contribution in [0.3, 0.4) is 0 Å². The third-order valence-corrected chi connectivity index (χ3v) is 4.91. The lowest BCUT2D eigenvalue weighted by molar-refractivity contribution is -0.122. The molecule has 4 rings (SSSR count). The number of aryl methyl sites for hydroxylation is 1. The van der Waals surface area contributed by atoms with Gasteiger partial charge in [0.2, 0.25) is 5.91 Å². The summed E-state index contributed by atoms with van der Waals surface area (Å²) >= 11 is 0. The summed E-state index contributed by atoms with van der Waals surface area (Å²) in [5, 5.41) is 3.22. The number of nitrogens with zero attached hydrogens (tertiary/aromatic N) is 1. The summed E-state index contributed by atoms with van der Waals surface area (Å²) in [6, 6.07) is 16.0. The zero-order valence-electron chi connectivity index (χ0n) is 14.9. The molecule has 1 amide bonds. The lowest BCUT2D eigenvalue weighted by Crippen LogP contribution is -2.30. The first-order chi connectivity index (χ1) is 12.7. The molecule has 26 heavy (non-hydrogen) atoms. The highest BCUT2D eigenvalue weighted by Crippen LogP contribution is 2.41. The first kappa shape index (κ1) is 16.6. The van der Waals surface area contributed by atoms with Crippen LogP contribution in [0.25, 0.3) is 11.0 Å². The van der Waals surface area contributed by atoms with Gasteiger partial charge in [0.15, 0.2) is 0 Å². The number of hydrogen-bond acceptors (Lipinski definition) is 3. The summed E-state index contributed by atoms with van der Waals surface area (Å²) in [6.07, 6.45) is 3.38. The largest absolute Gasteiger partial charge is 0.497 e. The molecule has 1 aliphatic rings. The topological polar surface area (TPSA) is 67.0 Å². The van der Waals surface area contributed by atoms with Gasteiger partial charge in [-0.15, -0.1) is 0 Å². The molecule has 2 N–H and O–H groups in total. The minimum atomic E-state index is 0.0678. The fourth-order valence-electron chi connectivity index (χ4n) is 3.32. The van der Waals surface area contributed by atoms with Crippen molar-refractivity contribution in [3.05, 3.63) is 59.9 Å². The Morgan fingerprint density at radius 1 is 1.23 bits per heavy atom. The van der Waals surface area contributed by atoms with Crippen molar-refractivity contribution in [1.82, 2.24) is 15.3 Å². The highest BCUT2D eigenvalue weighted by Gasteiger charge is 2.33. The van der Waals surface area contributed by atoms with E-state index in [9.17, 15) is 4.79 Å². The van der Waals surface area contributed by atoms with E-state index in [0.717, 1.165) is 28.2 Å². The summed E-state index contributed by atoms with van der Waals surface area (Å²) in [6.45, 7) is 0.